The van der Waals surface area contributed by atoms with Crippen molar-refractivity contribution in [2.45, 2.75) is 13.8 Å². The number of carbonyl (C=O) groups excluding carboxylic acids is 1. The molecular weight excluding hydrogens is 206 g/mol. The SMILES string of the molecule is Cc1cccc(C(=O)NCC(C)C(=O)O)c1. The van der Waals surface area contributed by atoms with E-state index in [1.54, 1.807) is 25.1 Å². The summed E-state index contributed by atoms with van der Waals surface area (Å²) in [7, 11) is 0. The molecule has 4 heteroatoms. The molecule has 1 amide bonds. The topological polar surface area (TPSA) is 66.4 Å². The van der Waals surface area contributed by atoms with Crippen LogP contribution in [0, 0.1) is 12.8 Å². The van der Waals surface area contributed by atoms with Crippen molar-refractivity contribution >= 4 is 11.9 Å². The lowest BCUT2D eigenvalue weighted by Gasteiger charge is -2.08. The van der Waals surface area contributed by atoms with E-state index in [1.165, 1.54) is 0 Å². The molecule has 0 aliphatic heterocycles. The standard InChI is InChI=1S/C12H15NO3/c1-8-4-3-5-10(6-8)11(14)13-7-9(2)12(15)16/h3-6,9H,7H2,1-2H3,(H,13,14)(H,15,16). The fourth-order valence-electron chi connectivity index (χ4n) is 1.22. The number of carboxylic acid groups (broad SMARTS) is 1. The predicted octanol–water partition coefficient (Wildman–Crippen LogP) is 1.45. The molecule has 0 fully saturated rings. The average molecular weight is 221 g/mol. The molecule has 0 aromatic heterocycles. The summed E-state index contributed by atoms with van der Waals surface area (Å²) in [6, 6.07) is 7.16. The number of aryl methyl sites for hydroxylation is 1. The second-order valence-electron chi connectivity index (χ2n) is 3.82. The molecule has 1 rings (SSSR count). The van der Waals surface area contributed by atoms with Crippen LogP contribution in [0.5, 0.6) is 0 Å². The summed E-state index contributed by atoms with van der Waals surface area (Å²) in [5.41, 5.74) is 1.55. The molecule has 0 aliphatic carbocycles. The van der Waals surface area contributed by atoms with Gasteiger partial charge in [-0.2, -0.15) is 0 Å². The molecule has 0 radical (unpaired) electrons. The Morgan fingerprint density at radius 2 is 2.12 bits per heavy atom. The van der Waals surface area contributed by atoms with Crippen molar-refractivity contribution in [3.05, 3.63) is 35.4 Å². The van der Waals surface area contributed by atoms with Gasteiger partial charge in [0.05, 0.1) is 5.92 Å². The normalized spacial score (nSPS) is 11.9. The summed E-state index contributed by atoms with van der Waals surface area (Å²) < 4.78 is 0. The Balaban J connectivity index is 2.56. The highest BCUT2D eigenvalue weighted by Crippen LogP contribution is 2.03. The lowest BCUT2D eigenvalue weighted by atomic mass is 10.1. The maximum absolute atomic E-state index is 11.6. The van der Waals surface area contributed by atoms with E-state index in [4.69, 9.17) is 5.11 Å². The molecular formula is C12H15NO3. The molecule has 1 aromatic carbocycles. The van der Waals surface area contributed by atoms with Crippen LogP contribution in [0.25, 0.3) is 0 Å². The number of aliphatic carboxylic acids is 1. The second kappa shape index (κ2) is 5.30. The molecule has 16 heavy (non-hydrogen) atoms. The minimum atomic E-state index is -0.912. The molecule has 1 unspecified atom stereocenters. The number of amides is 1. The summed E-state index contributed by atoms with van der Waals surface area (Å²) in [5, 5.41) is 11.2. The van der Waals surface area contributed by atoms with Crippen molar-refractivity contribution in [3.8, 4) is 0 Å². The molecule has 0 heterocycles. The van der Waals surface area contributed by atoms with Crippen LogP contribution >= 0.6 is 0 Å². The first-order chi connectivity index (χ1) is 7.50. The van der Waals surface area contributed by atoms with Crippen molar-refractivity contribution < 1.29 is 14.7 Å². The zero-order valence-electron chi connectivity index (χ0n) is 9.36. The Labute approximate surface area is 94.3 Å². The van der Waals surface area contributed by atoms with Gasteiger partial charge in [-0.15, -0.1) is 0 Å². The lowest BCUT2D eigenvalue weighted by molar-refractivity contribution is -0.140. The number of nitrogens with one attached hydrogen (secondary N) is 1. The van der Waals surface area contributed by atoms with E-state index >= 15 is 0 Å². The zero-order valence-corrected chi connectivity index (χ0v) is 9.36. The summed E-state index contributed by atoms with van der Waals surface area (Å²) in [6.45, 7) is 3.59. The fourth-order valence-corrected chi connectivity index (χ4v) is 1.22. The van der Waals surface area contributed by atoms with Crippen molar-refractivity contribution in [1.29, 1.82) is 0 Å². The van der Waals surface area contributed by atoms with Crippen LogP contribution < -0.4 is 5.32 Å². The van der Waals surface area contributed by atoms with Gasteiger partial charge in [0.2, 0.25) is 0 Å². The molecule has 86 valence electrons. The van der Waals surface area contributed by atoms with Gasteiger partial charge < -0.3 is 10.4 Å². The average Bonchev–Trinajstić information content (AvgIpc) is 2.25. The van der Waals surface area contributed by atoms with Gasteiger partial charge in [-0.1, -0.05) is 24.6 Å². The van der Waals surface area contributed by atoms with Gasteiger partial charge in [0, 0.05) is 12.1 Å². The third-order valence-electron chi connectivity index (χ3n) is 2.27. The predicted molar refractivity (Wildman–Crippen MR) is 60.3 cm³/mol. The maximum atomic E-state index is 11.6. The number of carbonyl (C=O) groups is 2. The van der Waals surface area contributed by atoms with Gasteiger partial charge in [0.15, 0.2) is 0 Å². The molecule has 0 saturated heterocycles. The van der Waals surface area contributed by atoms with Crippen LogP contribution in [0.1, 0.15) is 22.8 Å². The van der Waals surface area contributed by atoms with Gasteiger partial charge in [-0.25, -0.2) is 0 Å². The van der Waals surface area contributed by atoms with Gasteiger partial charge in [-0.05, 0) is 19.1 Å². The Kier molecular flexibility index (Phi) is 4.05. The zero-order chi connectivity index (χ0) is 12.1. The fraction of sp³-hybridized carbons (Fsp3) is 0.333. The molecule has 0 saturated carbocycles. The molecule has 1 aromatic rings. The number of hydrogen-bond acceptors (Lipinski definition) is 2. The molecule has 0 bridgehead atoms. The molecule has 0 aliphatic rings. The minimum Gasteiger partial charge on any atom is -0.481 e. The van der Waals surface area contributed by atoms with Crippen LogP contribution in [-0.4, -0.2) is 23.5 Å². The van der Waals surface area contributed by atoms with Crippen molar-refractivity contribution in [2.75, 3.05) is 6.54 Å². The van der Waals surface area contributed by atoms with Gasteiger partial charge in [0.25, 0.3) is 5.91 Å². The number of benzene rings is 1. The van der Waals surface area contributed by atoms with Gasteiger partial charge in [-0.3, -0.25) is 9.59 Å². The van der Waals surface area contributed by atoms with Crippen LogP contribution in [0.2, 0.25) is 0 Å². The third kappa shape index (κ3) is 3.38. The molecule has 2 N–H and O–H groups in total. The van der Waals surface area contributed by atoms with Crippen molar-refractivity contribution in [3.63, 3.8) is 0 Å². The highest BCUT2D eigenvalue weighted by molar-refractivity contribution is 5.94. The van der Waals surface area contributed by atoms with Crippen LogP contribution in [0.15, 0.2) is 24.3 Å². The van der Waals surface area contributed by atoms with E-state index in [0.717, 1.165) is 5.56 Å². The largest absolute Gasteiger partial charge is 0.481 e. The van der Waals surface area contributed by atoms with E-state index in [-0.39, 0.29) is 12.5 Å². The summed E-state index contributed by atoms with van der Waals surface area (Å²) in [5.74, 6) is -1.73. The first-order valence-corrected chi connectivity index (χ1v) is 5.08. The van der Waals surface area contributed by atoms with Gasteiger partial charge in [0.1, 0.15) is 0 Å². The monoisotopic (exact) mass is 221 g/mol. The van der Waals surface area contributed by atoms with Gasteiger partial charge >= 0.3 is 5.97 Å². The minimum absolute atomic E-state index is 0.141. The Hall–Kier alpha value is -1.84. The Bertz CT molecular complexity index is 401. The van der Waals surface area contributed by atoms with Crippen molar-refractivity contribution in [1.82, 2.24) is 5.32 Å². The molecule has 4 nitrogen and oxygen atoms in total. The second-order valence-corrected chi connectivity index (χ2v) is 3.82. The molecule has 1 atom stereocenters. The number of carboxylic acids is 1. The van der Waals surface area contributed by atoms with Crippen LogP contribution in [0.4, 0.5) is 0 Å². The quantitative estimate of drug-likeness (QED) is 0.808. The summed E-state index contributed by atoms with van der Waals surface area (Å²) in [6.07, 6.45) is 0. The van der Waals surface area contributed by atoms with Crippen molar-refractivity contribution in [2.24, 2.45) is 5.92 Å². The molecule has 0 spiro atoms. The summed E-state index contributed by atoms with van der Waals surface area (Å²) in [4.78, 5) is 22.2. The lowest BCUT2D eigenvalue weighted by Crippen LogP contribution is -2.31. The number of rotatable bonds is 4. The van der Waals surface area contributed by atoms with E-state index in [2.05, 4.69) is 5.32 Å². The highest BCUT2D eigenvalue weighted by Gasteiger charge is 2.12. The van der Waals surface area contributed by atoms with E-state index in [0.29, 0.717) is 5.56 Å². The van der Waals surface area contributed by atoms with E-state index in [1.807, 2.05) is 13.0 Å². The first kappa shape index (κ1) is 12.2. The summed E-state index contributed by atoms with van der Waals surface area (Å²) >= 11 is 0. The first-order valence-electron chi connectivity index (χ1n) is 5.08. The van der Waals surface area contributed by atoms with E-state index < -0.39 is 11.9 Å². The Morgan fingerprint density at radius 3 is 2.69 bits per heavy atom. The van der Waals surface area contributed by atoms with E-state index in [9.17, 15) is 9.59 Å². The number of hydrogen-bond donors (Lipinski definition) is 2. The smallest absolute Gasteiger partial charge is 0.308 e. The maximum Gasteiger partial charge on any atom is 0.308 e. The Morgan fingerprint density at radius 1 is 1.44 bits per heavy atom. The highest BCUT2D eigenvalue weighted by atomic mass is 16.4. The third-order valence-corrected chi connectivity index (χ3v) is 2.27. The van der Waals surface area contributed by atoms with Crippen LogP contribution in [0.3, 0.4) is 0 Å². The van der Waals surface area contributed by atoms with Crippen LogP contribution in [-0.2, 0) is 4.79 Å².